The maximum atomic E-state index is 6.03. The van der Waals surface area contributed by atoms with E-state index < -0.39 is 0 Å². The minimum atomic E-state index is 0.0632. The van der Waals surface area contributed by atoms with Crippen LogP contribution in [0, 0.1) is 0 Å². The third-order valence-corrected chi connectivity index (χ3v) is 8.17. The fourth-order valence-corrected chi connectivity index (χ4v) is 5.91. The Morgan fingerprint density at radius 2 is 1.73 bits per heavy atom. The maximum absolute atomic E-state index is 6.03. The Kier molecular flexibility index (Phi) is 8.41. The molecule has 0 aliphatic carbocycles. The van der Waals surface area contributed by atoms with Gasteiger partial charge in [0.1, 0.15) is 17.7 Å². The van der Waals surface area contributed by atoms with Gasteiger partial charge < -0.3 is 24.6 Å². The van der Waals surface area contributed by atoms with Crippen LogP contribution in [0.4, 0.5) is 11.5 Å². The summed E-state index contributed by atoms with van der Waals surface area (Å²) in [4.78, 5) is 14.4. The Balaban J connectivity index is 1.41. The first-order valence-electron chi connectivity index (χ1n) is 14.7. The second kappa shape index (κ2) is 12.5. The molecule has 0 spiro atoms. The monoisotopic (exact) mass is 543 g/mol. The van der Waals surface area contributed by atoms with Gasteiger partial charge in [0.2, 0.25) is 0 Å². The highest BCUT2D eigenvalue weighted by atomic mass is 16.5. The van der Waals surface area contributed by atoms with E-state index in [0.29, 0.717) is 6.61 Å². The van der Waals surface area contributed by atoms with Gasteiger partial charge in [-0.25, -0.2) is 9.97 Å². The number of benzene rings is 2. The number of fused-ring (bicyclic) bond motifs is 2. The van der Waals surface area contributed by atoms with Gasteiger partial charge >= 0.3 is 0 Å². The number of aromatic nitrogens is 4. The lowest BCUT2D eigenvalue weighted by atomic mass is 10.0. The van der Waals surface area contributed by atoms with Crippen molar-refractivity contribution in [3.8, 4) is 0 Å². The van der Waals surface area contributed by atoms with Crippen LogP contribution >= 0.6 is 0 Å². The van der Waals surface area contributed by atoms with Gasteiger partial charge in [-0.2, -0.15) is 5.10 Å². The number of hydrogen-bond acceptors (Lipinski definition) is 8. The van der Waals surface area contributed by atoms with Gasteiger partial charge in [0, 0.05) is 55.3 Å². The molecule has 1 fully saturated rings. The summed E-state index contributed by atoms with van der Waals surface area (Å²) in [7, 11) is 2.21. The second-order valence-electron chi connectivity index (χ2n) is 11.1. The van der Waals surface area contributed by atoms with Crippen LogP contribution in [0.3, 0.4) is 0 Å². The Morgan fingerprint density at radius 1 is 0.875 bits per heavy atom. The van der Waals surface area contributed by atoms with Crippen LogP contribution in [0.25, 0.3) is 21.8 Å². The number of rotatable bonds is 1. The van der Waals surface area contributed by atoms with E-state index in [4.69, 9.17) is 24.5 Å². The smallest absolute Gasteiger partial charge is 0.137 e. The lowest BCUT2D eigenvalue weighted by Gasteiger charge is -2.30. The predicted molar refractivity (Wildman–Crippen MR) is 160 cm³/mol. The van der Waals surface area contributed by atoms with Crippen molar-refractivity contribution in [3.63, 3.8) is 0 Å². The Hall–Kier alpha value is -3.27. The van der Waals surface area contributed by atoms with E-state index in [-0.39, 0.29) is 6.04 Å². The van der Waals surface area contributed by atoms with E-state index >= 15 is 0 Å². The first-order valence-corrected chi connectivity index (χ1v) is 14.7. The molecule has 1 atom stereocenters. The molecule has 0 radical (unpaired) electrons. The molecular weight excluding hydrogens is 502 g/mol. The van der Waals surface area contributed by atoms with Gasteiger partial charge in [-0.15, -0.1) is 0 Å². The summed E-state index contributed by atoms with van der Waals surface area (Å²) in [6.07, 6.45) is 8.17. The van der Waals surface area contributed by atoms with Crippen LogP contribution in [0.2, 0.25) is 0 Å². The molecule has 0 amide bonds. The van der Waals surface area contributed by atoms with Crippen LogP contribution in [-0.4, -0.2) is 77.7 Å². The van der Waals surface area contributed by atoms with E-state index in [1.165, 1.54) is 23.2 Å². The molecule has 6 rings (SSSR count). The average molecular weight is 544 g/mol. The van der Waals surface area contributed by atoms with Crippen molar-refractivity contribution in [2.45, 2.75) is 51.8 Å². The van der Waals surface area contributed by atoms with Crippen LogP contribution < -0.4 is 10.2 Å². The van der Waals surface area contributed by atoms with E-state index in [2.05, 4.69) is 64.1 Å². The van der Waals surface area contributed by atoms with E-state index in [1.54, 1.807) is 6.33 Å². The number of hydrogen-bond donors (Lipinski definition) is 1. The number of aryl methyl sites for hydroxylation is 1. The highest BCUT2D eigenvalue weighted by molar-refractivity contribution is 6.12. The first kappa shape index (κ1) is 26.9. The third kappa shape index (κ3) is 5.92. The number of ether oxygens (including phenoxy) is 2. The number of morpholine rings is 1. The topological polar surface area (TPSA) is 80.6 Å². The SMILES string of the molecule is CC1Nc2ncnc3c2cc(N2CCOCC2)c2cnn(c23)CCCCCN(C)CCCOCc2cccc1c2. The molecular formula is C31H41N7O2. The molecule has 2 aromatic heterocycles. The Morgan fingerprint density at radius 3 is 2.62 bits per heavy atom. The van der Waals surface area contributed by atoms with E-state index in [0.717, 1.165) is 99.4 Å². The summed E-state index contributed by atoms with van der Waals surface area (Å²) >= 11 is 0. The van der Waals surface area contributed by atoms with Gasteiger partial charge in [0.05, 0.1) is 31.5 Å². The van der Waals surface area contributed by atoms with Crippen molar-refractivity contribution in [1.29, 1.82) is 0 Å². The van der Waals surface area contributed by atoms with E-state index in [9.17, 15) is 0 Å². The molecule has 212 valence electrons. The summed E-state index contributed by atoms with van der Waals surface area (Å²) in [5, 5.41) is 10.8. The largest absolute Gasteiger partial charge is 0.378 e. The van der Waals surface area contributed by atoms with Crippen molar-refractivity contribution in [3.05, 3.63) is 54.0 Å². The van der Waals surface area contributed by atoms with Crippen LogP contribution in [0.15, 0.2) is 42.9 Å². The van der Waals surface area contributed by atoms with Gasteiger partial charge in [0.25, 0.3) is 0 Å². The molecule has 40 heavy (non-hydrogen) atoms. The molecule has 4 aromatic rings. The van der Waals surface area contributed by atoms with Gasteiger partial charge in [-0.1, -0.05) is 30.7 Å². The standard InChI is InChI=1S/C31H41N7O2/c1-23-25-9-6-8-24(18-25)21-40-15-7-11-36(2)10-4-3-5-12-38-30-27(20-34-38)28(37-13-16-39-17-14-37)19-26-29(30)32-22-33-31(26)35-23/h6,8-9,18-20,22-23H,3-5,7,10-17,21H2,1-2H3,(H,32,33,35). The second-order valence-corrected chi connectivity index (χ2v) is 11.1. The van der Waals surface area contributed by atoms with Crippen molar-refractivity contribution in [2.24, 2.45) is 0 Å². The van der Waals surface area contributed by atoms with Gasteiger partial charge in [-0.3, -0.25) is 4.68 Å². The molecule has 2 aromatic carbocycles. The van der Waals surface area contributed by atoms with E-state index in [1.807, 2.05) is 6.20 Å². The number of anilines is 2. The van der Waals surface area contributed by atoms with Crippen molar-refractivity contribution < 1.29 is 9.47 Å². The summed E-state index contributed by atoms with van der Waals surface area (Å²) in [6.45, 7) is 9.81. The zero-order valence-electron chi connectivity index (χ0n) is 23.8. The van der Waals surface area contributed by atoms with Crippen molar-refractivity contribution in [2.75, 3.05) is 63.3 Å². The van der Waals surface area contributed by atoms with Gasteiger partial charge in [0.15, 0.2) is 0 Å². The average Bonchev–Trinajstić information content (AvgIpc) is 3.41. The zero-order chi connectivity index (χ0) is 27.3. The highest BCUT2D eigenvalue weighted by Crippen LogP contribution is 2.37. The van der Waals surface area contributed by atoms with Crippen LogP contribution in [0.1, 0.15) is 49.8 Å². The minimum Gasteiger partial charge on any atom is -0.378 e. The van der Waals surface area contributed by atoms with Crippen molar-refractivity contribution in [1.82, 2.24) is 24.6 Å². The number of nitrogens with one attached hydrogen (secondary N) is 1. The Labute approximate surface area is 236 Å². The molecule has 2 aliphatic rings. The summed E-state index contributed by atoms with van der Waals surface area (Å²) < 4.78 is 13.9. The molecule has 1 saturated heterocycles. The first-order chi connectivity index (χ1) is 19.7. The summed E-state index contributed by atoms with van der Waals surface area (Å²) in [5.41, 5.74) is 5.62. The summed E-state index contributed by atoms with van der Waals surface area (Å²) in [5.74, 6) is 0.845. The number of nitrogens with zero attached hydrogens (tertiary/aromatic N) is 6. The summed E-state index contributed by atoms with van der Waals surface area (Å²) in [6, 6.07) is 11.0. The zero-order valence-corrected chi connectivity index (χ0v) is 23.8. The van der Waals surface area contributed by atoms with Crippen molar-refractivity contribution >= 4 is 33.3 Å². The molecule has 6 bridgehead atoms. The molecule has 4 heterocycles. The normalized spacial score (nSPS) is 20.6. The fraction of sp³-hybridized carbons (Fsp3) is 0.516. The minimum absolute atomic E-state index is 0.0632. The molecule has 9 heteroatoms. The highest BCUT2D eigenvalue weighted by Gasteiger charge is 2.21. The van der Waals surface area contributed by atoms with Crippen LogP contribution in [-0.2, 0) is 22.6 Å². The lowest BCUT2D eigenvalue weighted by molar-refractivity contribution is 0.111. The molecule has 0 saturated carbocycles. The fourth-order valence-electron chi connectivity index (χ4n) is 5.91. The van der Waals surface area contributed by atoms with Gasteiger partial charge in [-0.05, 0) is 57.0 Å². The maximum Gasteiger partial charge on any atom is 0.137 e. The lowest BCUT2D eigenvalue weighted by Crippen LogP contribution is -2.36. The predicted octanol–water partition coefficient (Wildman–Crippen LogP) is 5.01. The quantitative estimate of drug-likeness (QED) is 0.359. The molecule has 9 nitrogen and oxygen atoms in total. The third-order valence-electron chi connectivity index (χ3n) is 8.17. The molecule has 1 unspecified atom stereocenters. The Bertz CT molecular complexity index is 1430. The molecule has 1 N–H and O–H groups in total. The van der Waals surface area contributed by atoms with Crippen LogP contribution in [0.5, 0.6) is 0 Å². The molecule has 2 aliphatic heterocycles.